The van der Waals surface area contributed by atoms with E-state index in [0.29, 0.717) is 25.0 Å². The van der Waals surface area contributed by atoms with Crippen molar-refractivity contribution in [3.8, 4) is 0 Å². The van der Waals surface area contributed by atoms with E-state index in [4.69, 9.17) is 9.47 Å². The molecule has 2 N–H and O–H groups in total. The van der Waals surface area contributed by atoms with E-state index in [-0.39, 0.29) is 12.5 Å². The highest BCUT2D eigenvalue weighted by Crippen LogP contribution is 1.98. The van der Waals surface area contributed by atoms with Gasteiger partial charge in [-0.1, -0.05) is 13.8 Å². The number of ether oxygens (including phenoxy) is 2. The topological polar surface area (TPSA) is 78.4 Å². The number of likely N-dealkylation sites (N-methyl/N-ethyl adjacent to an activating group) is 1. The summed E-state index contributed by atoms with van der Waals surface area (Å²) in [5.74, 6) is 1.28. The second-order valence-electron chi connectivity index (χ2n) is 7.06. The van der Waals surface area contributed by atoms with Gasteiger partial charge in [0, 0.05) is 53.4 Å². The van der Waals surface area contributed by atoms with E-state index < -0.39 is 0 Å². The first-order valence-corrected chi connectivity index (χ1v) is 9.59. The van der Waals surface area contributed by atoms with Crippen LogP contribution < -0.4 is 10.6 Å². The van der Waals surface area contributed by atoms with E-state index in [0.717, 1.165) is 52.4 Å². The highest BCUT2D eigenvalue weighted by molar-refractivity contribution is 5.84. The van der Waals surface area contributed by atoms with Crippen LogP contribution in [0.2, 0.25) is 0 Å². The maximum Gasteiger partial charge on any atom is 0.243 e. The van der Waals surface area contributed by atoms with E-state index in [1.54, 1.807) is 19.0 Å². The third-order valence-electron chi connectivity index (χ3n) is 4.07. The van der Waals surface area contributed by atoms with Crippen molar-refractivity contribution in [2.75, 3.05) is 79.8 Å². The number of hydrogen-bond acceptors (Lipinski definition) is 5. The molecule has 0 aliphatic carbocycles. The van der Waals surface area contributed by atoms with Gasteiger partial charge >= 0.3 is 0 Å². The fourth-order valence-corrected chi connectivity index (χ4v) is 2.28. The van der Waals surface area contributed by atoms with Crippen LogP contribution in [-0.4, -0.2) is 101 Å². The Bertz CT molecular complexity index is 410. The summed E-state index contributed by atoms with van der Waals surface area (Å²) in [7, 11) is 3.47. The number of carbonyl (C=O) groups excluding carboxylic acids is 1. The molecule has 0 aromatic heterocycles. The standard InChI is InChI=1S/C18H37N5O3/c1-16(2)5-11-25-12-7-20-18(21-15-17(24)22(3)4)19-6-8-23-9-13-26-14-10-23/h16H,5-15H2,1-4H3,(H2,19,20,21). The number of nitrogens with zero attached hydrogens (tertiary/aromatic N) is 3. The number of carbonyl (C=O) groups is 1. The lowest BCUT2D eigenvalue weighted by Gasteiger charge is -2.26. The van der Waals surface area contributed by atoms with E-state index >= 15 is 0 Å². The van der Waals surface area contributed by atoms with Crippen molar-refractivity contribution in [2.24, 2.45) is 10.9 Å². The molecule has 26 heavy (non-hydrogen) atoms. The normalized spacial score (nSPS) is 16.0. The summed E-state index contributed by atoms with van der Waals surface area (Å²) in [6, 6.07) is 0. The molecule has 8 heteroatoms. The van der Waals surface area contributed by atoms with E-state index in [2.05, 4.69) is 34.4 Å². The van der Waals surface area contributed by atoms with Crippen molar-refractivity contribution in [2.45, 2.75) is 20.3 Å². The lowest BCUT2D eigenvalue weighted by molar-refractivity contribution is -0.127. The molecule has 0 saturated carbocycles. The number of morpholine rings is 1. The molecule has 0 spiro atoms. The first-order chi connectivity index (χ1) is 12.5. The van der Waals surface area contributed by atoms with Gasteiger partial charge in [0.25, 0.3) is 0 Å². The quantitative estimate of drug-likeness (QED) is 0.303. The maximum atomic E-state index is 11.8. The zero-order valence-corrected chi connectivity index (χ0v) is 16.9. The van der Waals surface area contributed by atoms with Crippen LogP contribution >= 0.6 is 0 Å². The second-order valence-corrected chi connectivity index (χ2v) is 7.06. The minimum absolute atomic E-state index is 0.0209. The molecular formula is C18H37N5O3. The van der Waals surface area contributed by atoms with Gasteiger partial charge in [-0.05, 0) is 12.3 Å². The molecule has 8 nitrogen and oxygen atoms in total. The number of aliphatic imine (C=N–C) groups is 1. The summed E-state index contributed by atoms with van der Waals surface area (Å²) in [5.41, 5.74) is 0. The van der Waals surface area contributed by atoms with Crippen molar-refractivity contribution >= 4 is 11.9 Å². The fourth-order valence-electron chi connectivity index (χ4n) is 2.28. The Morgan fingerprint density at radius 3 is 2.54 bits per heavy atom. The molecule has 1 fully saturated rings. The van der Waals surface area contributed by atoms with Gasteiger partial charge in [0.05, 0.1) is 19.8 Å². The molecular weight excluding hydrogens is 334 g/mol. The first kappa shape index (κ1) is 22.7. The Labute approximate surface area is 158 Å². The molecule has 1 saturated heterocycles. The predicted octanol–water partition coefficient (Wildman–Crippen LogP) is 0.00470. The molecule has 1 aliphatic heterocycles. The van der Waals surface area contributed by atoms with Gasteiger partial charge < -0.3 is 25.0 Å². The zero-order valence-electron chi connectivity index (χ0n) is 16.9. The van der Waals surface area contributed by atoms with E-state index in [9.17, 15) is 4.79 Å². The number of amides is 1. The summed E-state index contributed by atoms with van der Waals surface area (Å²) in [6.07, 6.45) is 1.07. The van der Waals surface area contributed by atoms with Crippen LogP contribution in [-0.2, 0) is 14.3 Å². The summed E-state index contributed by atoms with van der Waals surface area (Å²) in [6.45, 7) is 11.8. The van der Waals surface area contributed by atoms with E-state index in [1.165, 1.54) is 0 Å². The molecule has 1 heterocycles. The van der Waals surface area contributed by atoms with Crippen LogP contribution in [0.1, 0.15) is 20.3 Å². The molecule has 1 rings (SSSR count). The molecule has 0 radical (unpaired) electrons. The Morgan fingerprint density at radius 1 is 1.19 bits per heavy atom. The van der Waals surface area contributed by atoms with Crippen LogP contribution in [0.4, 0.5) is 0 Å². The van der Waals surface area contributed by atoms with Gasteiger partial charge in [0.2, 0.25) is 5.91 Å². The Balaban J connectivity index is 2.32. The molecule has 0 unspecified atom stereocenters. The smallest absolute Gasteiger partial charge is 0.243 e. The first-order valence-electron chi connectivity index (χ1n) is 9.59. The van der Waals surface area contributed by atoms with Crippen LogP contribution in [0.5, 0.6) is 0 Å². The molecule has 0 aromatic carbocycles. The van der Waals surface area contributed by atoms with Gasteiger partial charge in [0.15, 0.2) is 5.96 Å². The van der Waals surface area contributed by atoms with Gasteiger partial charge in [0.1, 0.15) is 6.54 Å². The third kappa shape index (κ3) is 11.3. The van der Waals surface area contributed by atoms with Crippen LogP contribution in [0.15, 0.2) is 4.99 Å². The summed E-state index contributed by atoms with van der Waals surface area (Å²) in [4.78, 5) is 20.0. The van der Waals surface area contributed by atoms with Gasteiger partial charge in [-0.15, -0.1) is 0 Å². The summed E-state index contributed by atoms with van der Waals surface area (Å²) >= 11 is 0. The predicted molar refractivity (Wildman–Crippen MR) is 105 cm³/mol. The fraction of sp³-hybridized carbons (Fsp3) is 0.889. The SMILES string of the molecule is CC(C)CCOCCNC(=NCC(=O)N(C)C)NCCN1CCOCC1. The largest absolute Gasteiger partial charge is 0.380 e. The van der Waals surface area contributed by atoms with Crippen LogP contribution in [0.25, 0.3) is 0 Å². The molecule has 152 valence electrons. The lowest BCUT2D eigenvalue weighted by Crippen LogP contribution is -2.45. The number of guanidine groups is 1. The Morgan fingerprint density at radius 2 is 1.88 bits per heavy atom. The van der Waals surface area contributed by atoms with Crippen molar-refractivity contribution in [3.63, 3.8) is 0 Å². The molecule has 0 atom stereocenters. The van der Waals surface area contributed by atoms with Crippen LogP contribution in [0, 0.1) is 5.92 Å². The lowest BCUT2D eigenvalue weighted by atomic mass is 10.1. The summed E-state index contributed by atoms with van der Waals surface area (Å²) < 4.78 is 11.0. The minimum Gasteiger partial charge on any atom is -0.380 e. The molecule has 1 amide bonds. The van der Waals surface area contributed by atoms with Gasteiger partial charge in [-0.25, -0.2) is 4.99 Å². The van der Waals surface area contributed by atoms with Crippen molar-refractivity contribution < 1.29 is 14.3 Å². The number of nitrogens with one attached hydrogen (secondary N) is 2. The molecule has 0 aromatic rings. The third-order valence-corrected chi connectivity index (χ3v) is 4.07. The zero-order chi connectivity index (χ0) is 19.2. The average Bonchev–Trinajstić information content (AvgIpc) is 2.62. The minimum atomic E-state index is -0.0209. The Hall–Kier alpha value is -1.38. The van der Waals surface area contributed by atoms with Crippen LogP contribution in [0.3, 0.4) is 0 Å². The number of hydrogen-bond donors (Lipinski definition) is 2. The van der Waals surface area contributed by atoms with Gasteiger partial charge in [-0.2, -0.15) is 0 Å². The van der Waals surface area contributed by atoms with Gasteiger partial charge in [-0.3, -0.25) is 9.69 Å². The maximum absolute atomic E-state index is 11.8. The highest BCUT2D eigenvalue weighted by atomic mass is 16.5. The summed E-state index contributed by atoms with van der Waals surface area (Å²) in [5, 5.41) is 6.54. The van der Waals surface area contributed by atoms with Crippen molar-refractivity contribution in [3.05, 3.63) is 0 Å². The Kier molecular flexibility index (Phi) is 12.0. The number of rotatable bonds is 11. The highest BCUT2D eigenvalue weighted by Gasteiger charge is 2.10. The molecule has 1 aliphatic rings. The second kappa shape index (κ2) is 13.8. The molecule has 0 bridgehead atoms. The van der Waals surface area contributed by atoms with Crippen molar-refractivity contribution in [1.82, 2.24) is 20.4 Å². The monoisotopic (exact) mass is 371 g/mol. The van der Waals surface area contributed by atoms with E-state index in [1.807, 2.05) is 0 Å². The average molecular weight is 372 g/mol. The van der Waals surface area contributed by atoms with Crippen molar-refractivity contribution in [1.29, 1.82) is 0 Å².